The van der Waals surface area contributed by atoms with Crippen molar-refractivity contribution < 1.29 is 22.8 Å². The summed E-state index contributed by atoms with van der Waals surface area (Å²) in [5, 5.41) is 3.61. The van der Waals surface area contributed by atoms with Gasteiger partial charge in [0.15, 0.2) is 0 Å². The van der Waals surface area contributed by atoms with E-state index in [2.05, 4.69) is 5.32 Å². The third-order valence-corrected chi connectivity index (χ3v) is 6.18. The highest BCUT2D eigenvalue weighted by atomic mass is 32.1. The number of likely N-dealkylation sites (tertiary alicyclic amines) is 1. The van der Waals surface area contributed by atoms with Crippen LogP contribution in [0.1, 0.15) is 43.4 Å². The largest absolute Gasteiger partial charge is 0.471 e. The Hall–Kier alpha value is -1.77. The van der Waals surface area contributed by atoms with Crippen molar-refractivity contribution in [3.05, 3.63) is 17.0 Å². The third-order valence-electron chi connectivity index (χ3n) is 5.26. The minimum atomic E-state index is -4.87. The molecule has 0 radical (unpaired) electrons. The van der Waals surface area contributed by atoms with Gasteiger partial charge in [-0.3, -0.25) is 10.1 Å². The van der Waals surface area contributed by atoms with Gasteiger partial charge in [-0.15, -0.1) is 11.3 Å². The second-order valence-electron chi connectivity index (χ2n) is 7.23. The van der Waals surface area contributed by atoms with Crippen LogP contribution in [0.2, 0.25) is 0 Å². The average Bonchev–Trinajstić information content (AvgIpc) is 3.24. The summed E-state index contributed by atoms with van der Waals surface area (Å²) >= 11 is 1.46. The van der Waals surface area contributed by atoms with E-state index < -0.39 is 12.1 Å². The van der Waals surface area contributed by atoms with E-state index in [9.17, 15) is 22.8 Å². The Morgan fingerprint density at radius 2 is 1.85 bits per heavy atom. The smallest absolute Gasteiger partial charge is 0.333 e. The number of anilines is 1. The quantitative estimate of drug-likeness (QED) is 0.814. The molecular weight excluding hydrogens is 379 g/mol. The van der Waals surface area contributed by atoms with Crippen LogP contribution in [-0.2, 0) is 4.79 Å². The number of rotatable bonds is 3. The molecule has 1 aliphatic carbocycles. The van der Waals surface area contributed by atoms with E-state index in [0.29, 0.717) is 6.42 Å². The number of nitrogens with zero attached hydrogens (tertiary/aromatic N) is 2. The molecule has 0 bridgehead atoms. The van der Waals surface area contributed by atoms with E-state index in [4.69, 9.17) is 0 Å². The molecule has 3 rings (SSSR count). The number of hydrogen-bond donors (Lipinski definition) is 1. The van der Waals surface area contributed by atoms with Crippen LogP contribution >= 0.6 is 11.3 Å². The number of halogens is 3. The first-order chi connectivity index (χ1) is 12.8. The van der Waals surface area contributed by atoms with Crippen LogP contribution in [0.3, 0.4) is 0 Å². The zero-order valence-electron chi connectivity index (χ0n) is 15.2. The molecule has 0 aromatic carbocycles. The SMILES string of the molecule is Cc1ccc(NC(=O)N(C2CCCCC2)C2CCN(C(=O)C(F)(F)F)C2)s1. The summed E-state index contributed by atoms with van der Waals surface area (Å²) in [5.74, 6) is -1.82. The lowest BCUT2D eigenvalue weighted by molar-refractivity contribution is -0.184. The fourth-order valence-electron chi connectivity index (χ4n) is 3.99. The molecule has 5 nitrogen and oxygen atoms in total. The van der Waals surface area contributed by atoms with E-state index >= 15 is 0 Å². The van der Waals surface area contributed by atoms with Crippen molar-refractivity contribution in [3.63, 3.8) is 0 Å². The van der Waals surface area contributed by atoms with Gasteiger partial charge in [-0.1, -0.05) is 19.3 Å². The predicted octanol–water partition coefficient (Wildman–Crippen LogP) is 4.39. The van der Waals surface area contributed by atoms with Crippen LogP contribution in [0.25, 0.3) is 0 Å². The molecule has 2 aliphatic rings. The van der Waals surface area contributed by atoms with E-state index in [0.717, 1.165) is 46.9 Å². The second kappa shape index (κ2) is 8.08. The molecule has 1 saturated heterocycles. The molecule has 0 spiro atoms. The number of carbonyl (C=O) groups excluding carboxylic acids is 2. The lowest BCUT2D eigenvalue weighted by Crippen LogP contribution is -2.51. The summed E-state index contributed by atoms with van der Waals surface area (Å²) in [6.45, 7) is 1.90. The molecule has 1 saturated carbocycles. The Kier molecular flexibility index (Phi) is 5.98. The molecule has 1 N–H and O–H groups in total. The van der Waals surface area contributed by atoms with Crippen LogP contribution < -0.4 is 5.32 Å². The first-order valence-electron chi connectivity index (χ1n) is 9.27. The number of nitrogens with one attached hydrogen (secondary N) is 1. The molecule has 2 fully saturated rings. The average molecular weight is 403 g/mol. The van der Waals surface area contributed by atoms with Crippen LogP contribution in [-0.4, -0.2) is 53.1 Å². The first kappa shape index (κ1) is 20.0. The summed E-state index contributed by atoms with van der Waals surface area (Å²) in [6, 6.07) is 3.07. The Balaban J connectivity index is 1.74. The van der Waals surface area contributed by atoms with Crippen molar-refractivity contribution in [2.75, 3.05) is 18.4 Å². The highest BCUT2D eigenvalue weighted by Crippen LogP contribution is 2.30. The topological polar surface area (TPSA) is 52.7 Å². The van der Waals surface area contributed by atoms with Gasteiger partial charge in [-0.25, -0.2) is 4.79 Å². The van der Waals surface area contributed by atoms with Gasteiger partial charge in [0.25, 0.3) is 0 Å². The lowest BCUT2D eigenvalue weighted by Gasteiger charge is -2.38. The molecular formula is C18H24F3N3O2S. The van der Waals surface area contributed by atoms with Gasteiger partial charge in [0, 0.05) is 24.0 Å². The molecule has 1 atom stereocenters. The van der Waals surface area contributed by atoms with Crippen molar-refractivity contribution in [1.29, 1.82) is 0 Å². The molecule has 1 unspecified atom stereocenters. The van der Waals surface area contributed by atoms with Gasteiger partial charge in [-0.05, 0) is 38.3 Å². The zero-order chi connectivity index (χ0) is 19.6. The molecule has 2 heterocycles. The number of carbonyl (C=O) groups is 2. The van der Waals surface area contributed by atoms with Crippen molar-refractivity contribution in [2.45, 2.75) is 63.7 Å². The molecule has 1 aromatic heterocycles. The van der Waals surface area contributed by atoms with Crippen LogP contribution in [0.4, 0.5) is 23.0 Å². The fourth-order valence-corrected chi connectivity index (χ4v) is 4.75. The van der Waals surface area contributed by atoms with Gasteiger partial charge in [-0.2, -0.15) is 13.2 Å². The highest BCUT2D eigenvalue weighted by Gasteiger charge is 2.46. The number of alkyl halides is 3. The van der Waals surface area contributed by atoms with Gasteiger partial charge >= 0.3 is 18.1 Å². The van der Waals surface area contributed by atoms with Crippen LogP contribution in [0.15, 0.2) is 12.1 Å². The fraction of sp³-hybridized carbons (Fsp3) is 0.667. The Labute approximate surface area is 160 Å². The summed E-state index contributed by atoms with van der Waals surface area (Å²) in [5.41, 5.74) is 0. The number of thiophene rings is 1. The standard InChI is InChI=1S/C18H24F3N3O2S/c1-12-7-8-15(27-12)22-17(26)24(13-5-3-2-4-6-13)14-9-10-23(11-14)16(25)18(19,20)21/h7-8,13-14H,2-6,9-11H2,1H3,(H,22,26). The van der Waals surface area contributed by atoms with Crippen molar-refractivity contribution >= 4 is 28.3 Å². The Morgan fingerprint density at radius 3 is 2.44 bits per heavy atom. The molecule has 1 aliphatic heterocycles. The predicted molar refractivity (Wildman–Crippen MR) is 97.8 cm³/mol. The molecule has 1 aromatic rings. The van der Waals surface area contributed by atoms with Crippen molar-refractivity contribution in [2.24, 2.45) is 0 Å². The van der Waals surface area contributed by atoms with E-state index in [1.807, 2.05) is 19.1 Å². The first-order valence-corrected chi connectivity index (χ1v) is 10.1. The maximum atomic E-state index is 13.0. The molecule has 27 heavy (non-hydrogen) atoms. The molecule has 150 valence electrons. The number of aryl methyl sites for hydroxylation is 1. The van der Waals surface area contributed by atoms with Crippen molar-refractivity contribution in [3.8, 4) is 0 Å². The maximum Gasteiger partial charge on any atom is 0.471 e. The lowest BCUT2D eigenvalue weighted by atomic mass is 9.93. The van der Waals surface area contributed by atoms with Crippen LogP contribution in [0, 0.1) is 6.92 Å². The minimum Gasteiger partial charge on any atom is -0.333 e. The summed E-state index contributed by atoms with van der Waals surface area (Å²) in [7, 11) is 0. The van der Waals surface area contributed by atoms with E-state index in [1.54, 1.807) is 4.90 Å². The highest BCUT2D eigenvalue weighted by molar-refractivity contribution is 7.16. The van der Waals surface area contributed by atoms with Gasteiger partial charge < -0.3 is 9.80 Å². The van der Waals surface area contributed by atoms with Gasteiger partial charge in [0.05, 0.1) is 11.0 Å². The number of hydrogen-bond acceptors (Lipinski definition) is 3. The van der Waals surface area contributed by atoms with Crippen LogP contribution in [0.5, 0.6) is 0 Å². The Morgan fingerprint density at radius 1 is 1.15 bits per heavy atom. The van der Waals surface area contributed by atoms with E-state index in [-0.39, 0.29) is 31.2 Å². The van der Waals surface area contributed by atoms with Gasteiger partial charge in [0.2, 0.25) is 0 Å². The summed E-state index contributed by atoms with van der Waals surface area (Å²) in [4.78, 5) is 28.1. The maximum absolute atomic E-state index is 13.0. The normalized spacial score (nSPS) is 21.3. The monoisotopic (exact) mass is 403 g/mol. The summed E-state index contributed by atoms with van der Waals surface area (Å²) in [6.07, 6.45) is 0.312. The number of amides is 3. The molecule has 3 amide bonds. The van der Waals surface area contributed by atoms with E-state index in [1.165, 1.54) is 11.3 Å². The minimum absolute atomic E-state index is 0.00532. The number of urea groups is 1. The summed E-state index contributed by atoms with van der Waals surface area (Å²) < 4.78 is 38.2. The molecule has 9 heteroatoms. The Bertz CT molecular complexity index is 686. The third kappa shape index (κ3) is 4.75. The van der Waals surface area contributed by atoms with Gasteiger partial charge in [0.1, 0.15) is 0 Å². The second-order valence-corrected chi connectivity index (χ2v) is 8.52. The zero-order valence-corrected chi connectivity index (χ0v) is 16.0. The van der Waals surface area contributed by atoms with Crippen molar-refractivity contribution in [1.82, 2.24) is 9.80 Å².